The molecule has 0 aliphatic heterocycles. The summed E-state index contributed by atoms with van der Waals surface area (Å²) < 4.78 is 0. The Morgan fingerprint density at radius 1 is 1.33 bits per heavy atom. The van der Waals surface area contributed by atoms with E-state index in [9.17, 15) is 0 Å². The summed E-state index contributed by atoms with van der Waals surface area (Å²) >= 11 is 0. The van der Waals surface area contributed by atoms with Gasteiger partial charge in [-0.2, -0.15) is 0 Å². The van der Waals surface area contributed by atoms with Crippen molar-refractivity contribution < 1.29 is 0 Å². The third-order valence-electron chi connectivity index (χ3n) is 0.774. The van der Waals surface area contributed by atoms with E-state index in [2.05, 4.69) is 6.58 Å². The Morgan fingerprint density at radius 2 is 1.89 bits per heavy atom. The molecule has 2 heteroatoms. The first-order valence-electron chi connectivity index (χ1n) is 2.68. The molecule has 50 valence electrons. The van der Waals surface area contributed by atoms with E-state index in [0.717, 1.165) is 5.70 Å². The summed E-state index contributed by atoms with van der Waals surface area (Å²) in [6.45, 7) is 5.27. The molecule has 4 N–H and O–H groups in total. The second-order valence-corrected chi connectivity index (χ2v) is 1.78. The van der Waals surface area contributed by atoms with Gasteiger partial charge in [0, 0.05) is 11.4 Å². The van der Waals surface area contributed by atoms with Crippen LogP contribution in [0.4, 0.5) is 0 Å². The predicted molar refractivity (Wildman–Crippen MR) is 40.4 cm³/mol. The third kappa shape index (κ3) is 4.68. The molecule has 0 radical (unpaired) electrons. The minimum Gasteiger partial charge on any atom is -0.402 e. The molecular weight excluding hydrogens is 112 g/mol. The molecule has 0 aromatic heterocycles. The lowest BCUT2D eigenvalue weighted by atomic mass is 10.3. The van der Waals surface area contributed by atoms with Gasteiger partial charge in [0.15, 0.2) is 0 Å². The van der Waals surface area contributed by atoms with Gasteiger partial charge in [0.05, 0.1) is 0 Å². The van der Waals surface area contributed by atoms with E-state index in [0.29, 0.717) is 5.70 Å². The summed E-state index contributed by atoms with van der Waals surface area (Å²) in [5.74, 6) is 0. The van der Waals surface area contributed by atoms with Gasteiger partial charge in [-0.05, 0) is 25.2 Å². The molecule has 0 amide bonds. The van der Waals surface area contributed by atoms with Gasteiger partial charge in [-0.25, -0.2) is 0 Å². The van der Waals surface area contributed by atoms with Crippen LogP contribution in [0.15, 0.2) is 36.2 Å². The molecule has 0 aliphatic carbocycles. The Balaban J connectivity index is 3.98. The second kappa shape index (κ2) is 3.78. The highest BCUT2D eigenvalue weighted by Gasteiger charge is 1.75. The summed E-state index contributed by atoms with van der Waals surface area (Å²) in [6.07, 6.45) is 5.01. The van der Waals surface area contributed by atoms with Gasteiger partial charge in [-0.1, -0.05) is 6.58 Å². The van der Waals surface area contributed by atoms with Gasteiger partial charge >= 0.3 is 0 Å². The first-order valence-corrected chi connectivity index (χ1v) is 2.68. The van der Waals surface area contributed by atoms with Crippen LogP contribution in [0.1, 0.15) is 6.92 Å². The van der Waals surface area contributed by atoms with Crippen LogP contribution in [0.2, 0.25) is 0 Å². The average Bonchev–Trinajstić information content (AvgIpc) is 1.83. The third-order valence-corrected chi connectivity index (χ3v) is 0.774. The maximum Gasteiger partial charge on any atom is 0.0308 e. The van der Waals surface area contributed by atoms with Gasteiger partial charge < -0.3 is 11.5 Å². The summed E-state index contributed by atoms with van der Waals surface area (Å²) in [5, 5.41) is 0. The van der Waals surface area contributed by atoms with E-state index in [1.165, 1.54) is 0 Å². The Morgan fingerprint density at radius 3 is 2.22 bits per heavy atom. The molecule has 0 saturated heterocycles. The Bertz CT molecular complexity index is 150. The summed E-state index contributed by atoms with van der Waals surface area (Å²) in [5.41, 5.74) is 12.0. The lowest BCUT2D eigenvalue weighted by Gasteiger charge is -1.87. The van der Waals surface area contributed by atoms with E-state index < -0.39 is 0 Å². The minimum absolute atomic E-state index is 0.625. The molecule has 0 aliphatic rings. The number of nitrogens with two attached hydrogens (primary N) is 2. The smallest absolute Gasteiger partial charge is 0.0308 e. The number of hydrogen-bond acceptors (Lipinski definition) is 2. The summed E-state index contributed by atoms with van der Waals surface area (Å²) in [7, 11) is 0. The zero-order valence-corrected chi connectivity index (χ0v) is 5.59. The molecule has 0 rings (SSSR count). The summed E-state index contributed by atoms with van der Waals surface area (Å²) in [4.78, 5) is 0. The Hall–Kier alpha value is -1.18. The Labute approximate surface area is 55.5 Å². The fourth-order valence-corrected chi connectivity index (χ4v) is 0.296. The van der Waals surface area contributed by atoms with E-state index >= 15 is 0 Å². The first-order chi connectivity index (χ1) is 4.16. The fourth-order valence-electron chi connectivity index (χ4n) is 0.296. The lowest BCUT2D eigenvalue weighted by molar-refractivity contribution is 1.31. The van der Waals surface area contributed by atoms with Crippen LogP contribution in [0.25, 0.3) is 0 Å². The zero-order valence-electron chi connectivity index (χ0n) is 5.59. The highest BCUT2D eigenvalue weighted by molar-refractivity contribution is 5.20. The van der Waals surface area contributed by atoms with E-state index in [1.807, 2.05) is 0 Å². The molecule has 9 heavy (non-hydrogen) atoms. The molecule has 0 aromatic carbocycles. The topological polar surface area (TPSA) is 52.0 Å². The minimum atomic E-state index is 0.625. The van der Waals surface area contributed by atoms with Crippen LogP contribution in [-0.4, -0.2) is 0 Å². The monoisotopic (exact) mass is 124 g/mol. The van der Waals surface area contributed by atoms with Crippen molar-refractivity contribution >= 4 is 0 Å². The number of hydrogen-bond donors (Lipinski definition) is 2. The van der Waals surface area contributed by atoms with Crippen LogP contribution in [0, 0.1) is 0 Å². The van der Waals surface area contributed by atoms with Crippen molar-refractivity contribution in [1.82, 2.24) is 0 Å². The van der Waals surface area contributed by atoms with Gasteiger partial charge in [0.25, 0.3) is 0 Å². The van der Waals surface area contributed by atoms with Crippen LogP contribution < -0.4 is 11.5 Å². The second-order valence-electron chi connectivity index (χ2n) is 1.78. The fraction of sp³-hybridized carbons (Fsp3) is 0.143. The SMILES string of the molecule is C=C/C(N)=C\C=C(/C)N. The van der Waals surface area contributed by atoms with Crippen LogP contribution in [0.5, 0.6) is 0 Å². The van der Waals surface area contributed by atoms with Gasteiger partial charge in [-0.15, -0.1) is 0 Å². The molecule has 0 bridgehead atoms. The van der Waals surface area contributed by atoms with E-state index in [4.69, 9.17) is 11.5 Å². The van der Waals surface area contributed by atoms with E-state index in [-0.39, 0.29) is 0 Å². The molecule has 0 aromatic rings. The van der Waals surface area contributed by atoms with Crippen molar-refractivity contribution in [2.24, 2.45) is 11.5 Å². The normalized spacial score (nSPS) is 13.4. The van der Waals surface area contributed by atoms with Gasteiger partial charge in [-0.3, -0.25) is 0 Å². The average molecular weight is 124 g/mol. The van der Waals surface area contributed by atoms with Gasteiger partial charge in [0.1, 0.15) is 0 Å². The number of allylic oxidation sites excluding steroid dienone is 4. The highest BCUT2D eigenvalue weighted by atomic mass is 14.6. The van der Waals surface area contributed by atoms with Gasteiger partial charge in [0.2, 0.25) is 0 Å². The maximum absolute atomic E-state index is 5.36. The standard InChI is InChI=1S/C7H12N2/c1-3-7(9)5-4-6(2)8/h3-5H,1,8-9H2,2H3/b6-4+,7-5+. The molecule has 0 spiro atoms. The van der Waals surface area contributed by atoms with Crippen molar-refractivity contribution in [2.45, 2.75) is 6.92 Å². The molecule has 2 nitrogen and oxygen atoms in total. The molecule has 0 heterocycles. The van der Waals surface area contributed by atoms with E-state index in [1.54, 1.807) is 25.2 Å². The quantitative estimate of drug-likeness (QED) is 0.537. The molecule has 0 fully saturated rings. The Kier molecular flexibility index (Phi) is 3.28. The maximum atomic E-state index is 5.36. The van der Waals surface area contributed by atoms with Crippen molar-refractivity contribution in [3.63, 3.8) is 0 Å². The first kappa shape index (κ1) is 7.82. The molecule has 0 atom stereocenters. The van der Waals surface area contributed by atoms with Crippen LogP contribution in [-0.2, 0) is 0 Å². The predicted octanol–water partition coefficient (Wildman–Crippen LogP) is 0.878. The number of rotatable bonds is 2. The molecule has 0 saturated carbocycles. The van der Waals surface area contributed by atoms with Crippen molar-refractivity contribution in [3.05, 3.63) is 36.2 Å². The largest absolute Gasteiger partial charge is 0.402 e. The van der Waals surface area contributed by atoms with Crippen molar-refractivity contribution in [1.29, 1.82) is 0 Å². The highest BCUT2D eigenvalue weighted by Crippen LogP contribution is 1.87. The van der Waals surface area contributed by atoms with Crippen LogP contribution in [0.3, 0.4) is 0 Å². The lowest BCUT2D eigenvalue weighted by Crippen LogP contribution is -1.93. The summed E-state index contributed by atoms with van der Waals surface area (Å²) in [6, 6.07) is 0. The van der Waals surface area contributed by atoms with Crippen molar-refractivity contribution in [3.8, 4) is 0 Å². The molecular formula is C7H12N2. The van der Waals surface area contributed by atoms with Crippen molar-refractivity contribution in [2.75, 3.05) is 0 Å². The zero-order chi connectivity index (χ0) is 7.28. The molecule has 0 unspecified atom stereocenters. The van der Waals surface area contributed by atoms with Crippen LogP contribution >= 0.6 is 0 Å².